The fourth-order valence-electron chi connectivity index (χ4n) is 4.87. The number of hydrogen-bond acceptors (Lipinski definition) is 3. The smallest absolute Gasteiger partial charge is 0.323 e. The van der Waals surface area contributed by atoms with Crippen molar-refractivity contribution < 1.29 is 14.0 Å². The molecule has 168 valence electrons. The van der Waals surface area contributed by atoms with E-state index in [1.165, 1.54) is 30.3 Å². The van der Waals surface area contributed by atoms with Crippen LogP contribution in [-0.2, 0) is 6.54 Å². The molecular weight excluding hydrogens is 423 g/mol. The number of carbonyl (C=O) groups is 2. The van der Waals surface area contributed by atoms with Crippen molar-refractivity contribution in [2.24, 2.45) is 5.92 Å². The molecule has 2 aliphatic heterocycles. The molecule has 0 aliphatic carbocycles. The summed E-state index contributed by atoms with van der Waals surface area (Å²) in [5.74, 6) is -0.512. The van der Waals surface area contributed by atoms with Crippen LogP contribution in [0.1, 0.15) is 28.4 Å². The summed E-state index contributed by atoms with van der Waals surface area (Å²) < 4.78 is 15.0. The van der Waals surface area contributed by atoms with Gasteiger partial charge in [0, 0.05) is 48.6 Å². The topological polar surface area (TPSA) is 83.4 Å². The Hall–Kier alpha value is -3.94. The average Bonchev–Trinajstić information content (AvgIpc) is 2.81. The van der Waals surface area contributed by atoms with Gasteiger partial charge in [-0.15, -0.1) is 0 Å². The van der Waals surface area contributed by atoms with Crippen LogP contribution >= 0.6 is 0 Å². The van der Waals surface area contributed by atoms with E-state index in [0.717, 1.165) is 12.1 Å². The van der Waals surface area contributed by atoms with Gasteiger partial charge in [0.25, 0.3) is 11.5 Å². The van der Waals surface area contributed by atoms with E-state index in [-0.39, 0.29) is 29.1 Å². The zero-order chi connectivity index (χ0) is 22.9. The maximum atomic E-state index is 13.3. The van der Waals surface area contributed by atoms with Gasteiger partial charge in [0.15, 0.2) is 0 Å². The van der Waals surface area contributed by atoms with Crippen molar-refractivity contribution in [3.05, 3.63) is 94.2 Å². The minimum Gasteiger partial charge on any atom is -0.338 e. The number of amides is 3. The molecule has 0 saturated carbocycles. The maximum Gasteiger partial charge on any atom is 0.323 e. The molecule has 0 spiro atoms. The third-order valence-electron chi connectivity index (χ3n) is 6.25. The number of piperidine rings is 1. The summed E-state index contributed by atoms with van der Waals surface area (Å²) >= 11 is 0. The highest BCUT2D eigenvalue weighted by molar-refractivity contribution is 6.00. The molecule has 2 N–H and O–H groups in total. The number of para-hydroxylation sites is 1. The predicted octanol–water partition coefficient (Wildman–Crippen LogP) is 3.89. The third-order valence-corrected chi connectivity index (χ3v) is 6.25. The number of halogens is 1. The number of pyridine rings is 1. The number of likely N-dealkylation sites (tertiary alicyclic amines) is 1. The van der Waals surface area contributed by atoms with Crippen LogP contribution in [0.15, 0.2) is 71.5 Å². The number of nitrogens with one attached hydrogen (secondary N) is 2. The second-order valence-corrected chi connectivity index (χ2v) is 8.54. The molecule has 7 nitrogen and oxygen atoms in total. The molecule has 8 heteroatoms. The van der Waals surface area contributed by atoms with Crippen molar-refractivity contribution in [2.75, 3.05) is 23.7 Å². The molecule has 2 aromatic carbocycles. The standard InChI is InChI=1S/C25H23FN4O3/c26-19-8-6-17(7-9-19)24(32)29-13-16-12-18(15-29)23-21(10-11-22(31)30(23)14-16)28-25(33)27-20-4-2-1-3-5-20/h1-11,16,18H,12-15H2,(H2,27,28,33)/t16-,18+/m0/s1. The van der Waals surface area contributed by atoms with Gasteiger partial charge in [-0.25, -0.2) is 9.18 Å². The fraction of sp³-hybridized carbons (Fsp3) is 0.240. The summed E-state index contributed by atoms with van der Waals surface area (Å²) in [6, 6.07) is 17.3. The fourth-order valence-corrected chi connectivity index (χ4v) is 4.87. The molecule has 2 aliphatic rings. The Bertz CT molecular complexity index is 1260. The molecule has 3 heterocycles. The Morgan fingerprint density at radius 3 is 2.39 bits per heavy atom. The first-order valence-corrected chi connectivity index (χ1v) is 10.9. The lowest BCUT2D eigenvalue weighted by atomic mass is 9.82. The molecule has 2 bridgehead atoms. The second kappa shape index (κ2) is 8.54. The van der Waals surface area contributed by atoms with Crippen molar-refractivity contribution in [3.8, 4) is 0 Å². The van der Waals surface area contributed by atoms with Gasteiger partial charge >= 0.3 is 6.03 Å². The van der Waals surface area contributed by atoms with E-state index in [1.54, 1.807) is 27.7 Å². The van der Waals surface area contributed by atoms with Crippen LogP contribution in [0.4, 0.5) is 20.6 Å². The number of carbonyl (C=O) groups excluding carboxylic acids is 2. The van der Waals surface area contributed by atoms with Gasteiger partial charge in [-0.2, -0.15) is 0 Å². The van der Waals surface area contributed by atoms with Gasteiger partial charge in [0.1, 0.15) is 5.82 Å². The quantitative estimate of drug-likeness (QED) is 0.640. The van der Waals surface area contributed by atoms with Gasteiger partial charge < -0.3 is 20.1 Å². The normalized spacial score (nSPS) is 18.9. The van der Waals surface area contributed by atoms with E-state index >= 15 is 0 Å². The Labute approximate surface area is 189 Å². The predicted molar refractivity (Wildman–Crippen MR) is 123 cm³/mol. The van der Waals surface area contributed by atoms with Crippen LogP contribution in [0.5, 0.6) is 0 Å². The van der Waals surface area contributed by atoms with Gasteiger partial charge in [-0.1, -0.05) is 18.2 Å². The van der Waals surface area contributed by atoms with Gasteiger partial charge in [-0.3, -0.25) is 9.59 Å². The molecular formula is C25H23FN4O3. The van der Waals surface area contributed by atoms with E-state index in [4.69, 9.17) is 0 Å². The van der Waals surface area contributed by atoms with E-state index in [9.17, 15) is 18.8 Å². The Morgan fingerprint density at radius 2 is 1.64 bits per heavy atom. The summed E-state index contributed by atoms with van der Waals surface area (Å²) in [5, 5.41) is 5.66. The molecule has 0 unspecified atom stereocenters. The number of rotatable bonds is 3. The van der Waals surface area contributed by atoms with Gasteiger partial charge in [0.2, 0.25) is 0 Å². The summed E-state index contributed by atoms with van der Waals surface area (Å²) in [5.41, 5.74) is 2.27. The van der Waals surface area contributed by atoms with Crippen LogP contribution < -0.4 is 16.2 Å². The largest absolute Gasteiger partial charge is 0.338 e. The molecule has 1 aromatic heterocycles. The van der Waals surface area contributed by atoms with E-state index in [1.807, 2.05) is 18.2 Å². The molecule has 0 radical (unpaired) electrons. The lowest BCUT2D eigenvalue weighted by Crippen LogP contribution is -2.49. The first kappa shape index (κ1) is 20.9. The SMILES string of the molecule is O=C(Nc1ccccc1)Nc1ccc(=O)n2c1[C@@H]1C[C@@H](CN(C(=O)c3ccc(F)cc3)C1)C2. The molecule has 1 fully saturated rings. The van der Waals surface area contributed by atoms with Crippen LogP contribution in [-0.4, -0.2) is 34.5 Å². The summed E-state index contributed by atoms with van der Waals surface area (Å²) in [7, 11) is 0. The molecule has 33 heavy (non-hydrogen) atoms. The molecule has 3 aromatic rings. The zero-order valence-corrected chi connectivity index (χ0v) is 17.8. The molecule has 3 amide bonds. The molecule has 2 atom stereocenters. The number of nitrogens with zero attached hydrogens (tertiary/aromatic N) is 2. The number of hydrogen-bond donors (Lipinski definition) is 2. The van der Waals surface area contributed by atoms with Crippen molar-refractivity contribution in [2.45, 2.75) is 18.9 Å². The van der Waals surface area contributed by atoms with Gasteiger partial charge in [-0.05, 0) is 54.8 Å². The van der Waals surface area contributed by atoms with Crippen LogP contribution in [0.25, 0.3) is 0 Å². The van der Waals surface area contributed by atoms with Crippen LogP contribution in [0, 0.1) is 11.7 Å². The van der Waals surface area contributed by atoms with E-state index in [0.29, 0.717) is 36.6 Å². The van der Waals surface area contributed by atoms with Crippen LogP contribution in [0.2, 0.25) is 0 Å². The summed E-state index contributed by atoms with van der Waals surface area (Å²) in [6.07, 6.45) is 0.825. The molecule has 1 saturated heterocycles. The number of fused-ring (bicyclic) bond motifs is 4. The maximum absolute atomic E-state index is 13.3. The molecule has 5 rings (SSSR count). The Kier molecular flexibility index (Phi) is 5.42. The first-order chi connectivity index (χ1) is 16.0. The summed E-state index contributed by atoms with van der Waals surface area (Å²) in [4.78, 5) is 40.0. The van der Waals surface area contributed by atoms with Crippen LogP contribution in [0.3, 0.4) is 0 Å². The monoisotopic (exact) mass is 446 g/mol. The minimum atomic E-state index is -0.403. The Morgan fingerprint density at radius 1 is 0.879 bits per heavy atom. The average molecular weight is 446 g/mol. The Balaban J connectivity index is 1.40. The number of anilines is 2. The zero-order valence-electron chi connectivity index (χ0n) is 17.8. The highest BCUT2D eigenvalue weighted by Crippen LogP contribution is 2.39. The lowest BCUT2D eigenvalue weighted by molar-refractivity contribution is 0.0595. The summed E-state index contributed by atoms with van der Waals surface area (Å²) in [6.45, 7) is 1.43. The highest BCUT2D eigenvalue weighted by atomic mass is 19.1. The van der Waals surface area contributed by atoms with E-state index in [2.05, 4.69) is 10.6 Å². The first-order valence-electron chi connectivity index (χ1n) is 10.9. The van der Waals surface area contributed by atoms with Crippen molar-refractivity contribution in [1.82, 2.24) is 9.47 Å². The number of aromatic nitrogens is 1. The van der Waals surface area contributed by atoms with Gasteiger partial charge in [0.05, 0.1) is 5.69 Å². The highest BCUT2D eigenvalue weighted by Gasteiger charge is 2.38. The minimum absolute atomic E-state index is 0.0946. The van der Waals surface area contributed by atoms with Crippen molar-refractivity contribution in [3.63, 3.8) is 0 Å². The number of urea groups is 1. The second-order valence-electron chi connectivity index (χ2n) is 8.54. The lowest BCUT2D eigenvalue weighted by Gasteiger charge is -2.43. The number of benzene rings is 2. The van der Waals surface area contributed by atoms with E-state index < -0.39 is 6.03 Å². The third kappa shape index (κ3) is 4.24. The van der Waals surface area contributed by atoms with Crippen molar-refractivity contribution in [1.29, 1.82) is 0 Å². The van der Waals surface area contributed by atoms with Crippen molar-refractivity contribution >= 4 is 23.3 Å².